The predicted octanol–water partition coefficient (Wildman–Crippen LogP) is 6.11. The number of aryl methyl sites for hydroxylation is 1. The van der Waals surface area contributed by atoms with Gasteiger partial charge >= 0.3 is 5.97 Å². The molecule has 2 heteroatoms. The van der Waals surface area contributed by atoms with Crippen LogP contribution in [0.5, 0.6) is 5.75 Å². The second kappa shape index (κ2) is 5.57. The Morgan fingerprint density at radius 1 is 0.731 bits per heavy atom. The lowest BCUT2D eigenvalue weighted by Crippen LogP contribution is -2.09. The molecule has 0 N–H and O–H groups in total. The lowest BCUT2D eigenvalue weighted by molar-refractivity contribution is 0.0734. The Morgan fingerprint density at radius 3 is 2.19 bits per heavy atom. The van der Waals surface area contributed by atoms with Crippen LogP contribution in [-0.2, 0) is 0 Å². The van der Waals surface area contributed by atoms with Crippen molar-refractivity contribution >= 4 is 38.3 Å². The van der Waals surface area contributed by atoms with E-state index in [-0.39, 0.29) is 5.97 Å². The summed E-state index contributed by atoms with van der Waals surface area (Å²) in [4.78, 5) is 12.5. The van der Waals surface area contributed by atoms with E-state index in [2.05, 4.69) is 42.5 Å². The molecule has 0 unspecified atom stereocenters. The maximum Gasteiger partial charge on any atom is 0.343 e. The quantitative estimate of drug-likeness (QED) is 0.221. The van der Waals surface area contributed by atoms with Gasteiger partial charge in [-0.25, -0.2) is 4.79 Å². The average molecular weight is 336 g/mol. The number of carbonyl (C=O) groups excluding carboxylic acids is 1. The van der Waals surface area contributed by atoms with Crippen molar-refractivity contribution in [1.82, 2.24) is 0 Å². The number of benzene rings is 5. The third kappa shape index (κ3) is 2.16. The zero-order chi connectivity index (χ0) is 17.7. The van der Waals surface area contributed by atoms with Crippen LogP contribution in [-0.4, -0.2) is 5.97 Å². The molecule has 26 heavy (non-hydrogen) atoms. The van der Waals surface area contributed by atoms with Crippen LogP contribution in [0.3, 0.4) is 0 Å². The summed E-state index contributed by atoms with van der Waals surface area (Å²) < 4.78 is 5.74. The maximum absolute atomic E-state index is 12.5. The van der Waals surface area contributed by atoms with Crippen LogP contribution in [0, 0.1) is 6.92 Å². The van der Waals surface area contributed by atoms with Gasteiger partial charge in [-0.1, -0.05) is 60.7 Å². The standard InChI is InChI=1S/C24H16O2/c1-15-20-13-12-17-9-5-8-16-10-11-19(23(20)22(16)17)14-21(15)26-24(25)18-6-3-2-4-7-18/h2-14H,1H3. The predicted molar refractivity (Wildman–Crippen MR) is 106 cm³/mol. The highest BCUT2D eigenvalue weighted by atomic mass is 16.5. The Hall–Kier alpha value is -3.39. The van der Waals surface area contributed by atoms with Crippen molar-refractivity contribution in [3.63, 3.8) is 0 Å². The summed E-state index contributed by atoms with van der Waals surface area (Å²) in [5.41, 5.74) is 1.54. The lowest BCUT2D eigenvalue weighted by Gasteiger charge is -2.15. The summed E-state index contributed by atoms with van der Waals surface area (Å²) in [6.07, 6.45) is 0. The van der Waals surface area contributed by atoms with Crippen LogP contribution in [0.25, 0.3) is 32.3 Å². The fourth-order valence-corrected chi connectivity index (χ4v) is 3.76. The van der Waals surface area contributed by atoms with Gasteiger partial charge < -0.3 is 4.74 Å². The number of hydrogen-bond donors (Lipinski definition) is 0. The van der Waals surface area contributed by atoms with E-state index in [9.17, 15) is 4.79 Å². The lowest BCUT2D eigenvalue weighted by atomic mass is 9.92. The highest BCUT2D eigenvalue weighted by Gasteiger charge is 2.15. The zero-order valence-corrected chi connectivity index (χ0v) is 14.3. The molecule has 0 radical (unpaired) electrons. The fourth-order valence-electron chi connectivity index (χ4n) is 3.76. The molecule has 0 heterocycles. The third-order valence-electron chi connectivity index (χ3n) is 5.08. The minimum atomic E-state index is -0.332. The molecule has 0 saturated heterocycles. The van der Waals surface area contributed by atoms with E-state index in [0.717, 1.165) is 16.3 Å². The number of rotatable bonds is 2. The van der Waals surface area contributed by atoms with Gasteiger partial charge in [0, 0.05) is 0 Å². The normalized spacial score (nSPS) is 11.4. The van der Waals surface area contributed by atoms with E-state index in [1.165, 1.54) is 21.5 Å². The molecule has 0 aliphatic rings. The molecule has 0 bridgehead atoms. The van der Waals surface area contributed by atoms with Gasteiger partial charge in [-0.15, -0.1) is 0 Å². The minimum Gasteiger partial charge on any atom is -0.423 e. The number of hydrogen-bond acceptors (Lipinski definition) is 2. The van der Waals surface area contributed by atoms with Gasteiger partial charge in [-0.2, -0.15) is 0 Å². The summed E-state index contributed by atoms with van der Waals surface area (Å²) in [6.45, 7) is 2.01. The van der Waals surface area contributed by atoms with Crippen LogP contribution >= 0.6 is 0 Å². The number of esters is 1. The van der Waals surface area contributed by atoms with Crippen molar-refractivity contribution in [2.45, 2.75) is 6.92 Å². The van der Waals surface area contributed by atoms with Gasteiger partial charge in [0.25, 0.3) is 0 Å². The average Bonchev–Trinajstić information content (AvgIpc) is 2.69. The fraction of sp³-hybridized carbons (Fsp3) is 0.0417. The van der Waals surface area contributed by atoms with Gasteiger partial charge in [-0.05, 0) is 63.0 Å². The van der Waals surface area contributed by atoms with Gasteiger partial charge in [0.15, 0.2) is 0 Å². The van der Waals surface area contributed by atoms with E-state index >= 15 is 0 Å². The molecular formula is C24H16O2. The van der Waals surface area contributed by atoms with Gasteiger partial charge in [0.1, 0.15) is 5.75 Å². The molecule has 0 aliphatic heterocycles. The van der Waals surface area contributed by atoms with Crippen LogP contribution in [0.15, 0.2) is 78.9 Å². The first-order valence-corrected chi connectivity index (χ1v) is 8.67. The number of ether oxygens (including phenoxy) is 1. The van der Waals surface area contributed by atoms with E-state index < -0.39 is 0 Å². The minimum absolute atomic E-state index is 0.332. The van der Waals surface area contributed by atoms with E-state index in [1.54, 1.807) is 12.1 Å². The van der Waals surface area contributed by atoms with Crippen LogP contribution in [0.2, 0.25) is 0 Å². The zero-order valence-electron chi connectivity index (χ0n) is 14.3. The largest absolute Gasteiger partial charge is 0.423 e. The second-order valence-corrected chi connectivity index (χ2v) is 6.61. The summed E-state index contributed by atoms with van der Waals surface area (Å²) in [5, 5.41) is 7.18. The van der Waals surface area contributed by atoms with Crippen molar-refractivity contribution in [3.8, 4) is 5.75 Å². The van der Waals surface area contributed by atoms with Crippen LogP contribution in [0.1, 0.15) is 15.9 Å². The molecule has 5 rings (SSSR count). The van der Waals surface area contributed by atoms with E-state index in [0.29, 0.717) is 11.3 Å². The molecule has 2 nitrogen and oxygen atoms in total. The molecule has 0 spiro atoms. The van der Waals surface area contributed by atoms with Gasteiger partial charge in [0.2, 0.25) is 0 Å². The molecule has 0 aromatic heterocycles. The molecule has 0 amide bonds. The van der Waals surface area contributed by atoms with Crippen molar-refractivity contribution in [1.29, 1.82) is 0 Å². The van der Waals surface area contributed by atoms with Crippen molar-refractivity contribution < 1.29 is 9.53 Å². The molecular weight excluding hydrogens is 320 g/mol. The molecule has 0 aliphatic carbocycles. The molecule has 5 aromatic carbocycles. The Balaban J connectivity index is 1.72. The monoisotopic (exact) mass is 336 g/mol. The summed E-state index contributed by atoms with van der Waals surface area (Å²) >= 11 is 0. The first kappa shape index (κ1) is 14.9. The van der Waals surface area contributed by atoms with E-state index in [4.69, 9.17) is 4.74 Å². The van der Waals surface area contributed by atoms with Crippen LogP contribution < -0.4 is 4.74 Å². The first-order chi connectivity index (χ1) is 12.7. The second-order valence-electron chi connectivity index (χ2n) is 6.61. The SMILES string of the molecule is Cc1c(OC(=O)c2ccccc2)cc2ccc3cccc4ccc1c2c34. The van der Waals surface area contributed by atoms with Gasteiger partial charge in [-0.3, -0.25) is 0 Å². The Bertz CT molecular complexity index is 1250. The summed E-state index contributed by atoms with van der Waals surface area (Å²) in [5.74, 6) is 0.284. The first-order valence-electron chi connectivity index (χ1n) is 8.67. The van der Waals surface area contributed by atoms with Crippen molar-refractivity contribution in [3.05, 3.63) is 90.0 Å². The Morgan fingerprint density at radius 2 is 1.42 bits per heavy atom. The van der Waals surface area contributed by atoms with Crippen molar-refractivity contribution in [2.24, 2.45) is 0 Å². The Labute approximate surface area is 151 Å². The third-order valence-corrected chi connectivity index (χ3v) is 5.08. The van der Waals surface area contributed by atoms with E-state index in [1.807, 2.05) is 31.2 Å². The number of carbonyl (C=O) groups is 1. The highest BCUT2D eigenvalue weighted by molar-refractivity contribution is 6.24. The van der Waals surface area contributed by atoms with Gasteiger partial charge in [0.05, 0.1) is 5.56 Å². The Kier molecular flexibility index (Phi) is 3.19. The summed E-state index contributed by atoms with van der Waals surface area (Å²) in [6, 6.07) is 25.9. The maximum atomic E-state index is 12.5. The summed E-state index contributed by atoms with van der Waals surface area (Å²) in [7, 11) is 0. The topological polar surface area (TPSA) is 26.3 Å². The molecule has 0 atom stereocenters. The smallest absolute Gasteiger partial charge is 0.343 e. The molecule has 5 aromatic rings. The van der Waals surface area contributed by atoms with Crippen molar-refractivity contribution in [2.75, 3.05) is 0 Å². The highest BCUT2D eigenvalue weighted by Crippen LogP contribution is 2.39. The van der Waals surface area contributed by atoms with Crippen LogP contribution in [0.4, 0.5) is 0 Å². The molecule has 0 saturated carbocycles. The molecule has 124 valence electrons. The molecule has 0 fully saturated rings.